The first-order valence-corrected chi connectivity index (χ1v) is 5.82. The highest BCUT2D eigenvalue weighted by Crippen LogP contribution is 2.15. The van der Waals surface area contributed by atoms with Crippen LogP contribution in [0, 0.1) is 12.7 Å². The van der Waals surface area contributed by atoms with E-state index in [2.05, 4.69) is 4.90 Å². The van der Waals surface area contributed by atoms with Crippen LogP contribution in [0.5, 0.6) is 0 Å². The lowest BCUT2D eigenvalue weighted by atomic mass is 10.2. The fourth-order valence-electron chi connectivity index (χ4n) is 1.87. The number of nitrogens with zero attached hydrogens (tertiary/aromatic N) is 1. The molecule has 0 saturated heterocycles. The third-order valence-electron chi connectivity index (χ3n) is 2.74. The fourth-order valence-corrected chi connectivity index (χ4v) is 1.87. The van der Waals surface area contributed by atoms with E-state index >= 15 is 0 Å². The maximum absolute atomic E-state index is 13.3. The summed E-state index contributed by atoms with van der Waals surface area (Å²) in [7, 11) is 1.96. The lowest BCUT2D eigenvalue weighted by Crippen LogP contribution is -2.17. The molecule has 96 valence electrons. The first-order chi connectivity index (χ1) is 8.54. The summed E-state index contributed by atoms with van der Waals surface area (Å²) in [6.45, 7) is 3.26. The Hall–Kier alpha value is -1.81. The summed E-state index contributed by atoms with van der Waals surface area (Å²) >= 11 is 0. The second kappa shape index (κ2) is 5.23. The Labute approximate surface area is 106 Å². The van der Waals surface area contributed by atoms with Gasteiger partial charge in [-0.15, -0.1) is 0 Å². The quantitative estimate of drug-likeness (QED) is 0.846. The Balaban J connectivity index is 1.98. The number of furan rings is 1. The molecule has 0 aliphatic rings. The zero-order chi connectivity index (χ0) is 13.1. The van der Waals surface area contributed by atoms with Gasteiger partial charge in [-0.1, -0.05) is 6.07 Å². The Kier molecular flexibility index (Phi) is 3.67. The third-order valence-corrected chi connectivity index (χ3v) is 2.74. The van der Waals surface area contributed by atoms with Gasteiger partial charge in [0.2, 0.25) is 0 Å². The van der Waals surface area contributed by atoms with Gasteiger partial charge in [-0.2, -0.15) is 0 Å². The number of halogens is 1. The molecule has 4 heteroatoms. The van der Waals surface area contributed by atoms with Gasteiger partial charge in [0, 0.05) is 6.54 Å². The summed E-state index contributed by atoms with van der Waals surface area (Å²) in [5, 5.41) is 0. The molecule has 0 amide bonds. The molecule has 0 saturated carbocycles. The SMILES string of the molecule is Cc1ccc(CN(C)Cc2ccc(N)c(F)c2)o1. The maximum Gasteiger partial charge on any atom is 0.146 e. The van der Waals surface area contributed by atoms with Gasteiger partial charge in [0.25, 0.3) is 0 Å². The van der Waals surface area contributed by atoms with Crippen LogP contribution in [0.1, 0.15) is 17.1 Å². The first-order valence-electron chi connectivity index (χ1n) is 5.82. The molecule has 1 heterocycles. The van der Waals surface area contributed by atoms with Crippen molar-refractivity contribution in [1.82, 2.24) is 4.90 Å². The predicted molar refractivity (Wildman–Crippen MR) is 69.4 cm³/mol. The molecule has 0 radical (unpaired) electrons. The Morgan fingerprint density at radius 3 is 2.61 bits per heavy atom. The standard InChI is InChI=1S/C14H17FN2O/c1-10-3-5-12(18-10)9-17(2)8-11-4-6-14(16)13(15)7-11/h3-7H,8-9,16H2,1-2H3. The van der Waals surface area contributed by atoms with Crippen molar-refractivity contribution >= 4 is 5.69 Å². The smallest absolute Gasteiger partial charge is 0.146 e. The molecule has 0 atom stereocenters. The zero-order valence-corrected chi connectivity index (χ0v) is 10.6. The minimum atomic E-state index is -0.366. The summed E-state index contributed by atoms with van der Waals surface area (Å²) in [5.41, 5.74) is 6.52. The lowest BCUT2D eigenvalue weighted by Gasteiger charge is -2.15. The number of aryl methyl sites for hydroxylation is 1. The van der Waals surface area contributed by atoms with Gasteiger partial charge >= 0.3 is 0 Å². The van der Waals surface area contributed by atoms with Gasteiger partial charge in [-0.25, -0.2) is 4.39 Å². The van der Waals surface area contributed by atoms with Gasteiger partial charge < -0.3 is 10.2 Å². The maximum atomic E-state index is 13.3. The molecule has 3 nitrogen and oxygen atoms in total. The second-order valence-corrected chi connectivity index (χ2v) is 4.54. The molecular weight excluding hydrogens is 231 g/mol. The number of hydrogen-bond acceptors (Lipinski definition) is 3. The lowest BCUT2D eigenvalue weighted by molar-refractivity contribution is 0.285. The summed E-state index contributed by atoms with van der Waals surface area (Å²) in [6.07, 6.45) is 0. The van der Waals surface area contributed by atoms with Crippen LogP contribution < -0.4 is 5.73 Å². The van der Waals surface area contributed by atoms with E-state index in [1.54, 1.807) is 6.07 Å². The van der Waals surface area contributed by atoms with E-state index in [1.165, 1.54) is 6.07 Å². The van der Waals surface area contributed by atoms with Crippen molar-refractivity contribution in [2.45, 2.75) is 20.0 Å². The molecule has 2 rings (SSSR count). The minimum Gasteiger partial charge on any atom is -0.465 e. The van der Waals surface area contributed by atoms with E-state index in [0.717, 1.165) is 17.1 Å². The van der Waals surface area contributed by atoms with Crippen LogP contribution in [0.3, 0.4) is 0 Å². The summed E-state index contributed by atoms with van der Waals surface area (Å²) in [5.74, 6) is 1.44. The van der Waals surface area contributed by atoms with Gasteiger partial charge in [0.05, 0.1) is 12.2 Å². The molecule has 0 spiro atoms. The summed E-state index contributed by atoms with van der Waals surface area (Å²) in [4.78, 5) is 2.06. The van der Waals surface area contributed by atoms with Gasteiger partial charge in [-0.3, -0.25) is 4.90 Å². The molecule has 0 aliphatic carbocycles. The monoisotopic (exact) mass is 248 g/mol. The summed E-state index contributed by atoms with van der Waals surface area (Å²) in [6, 6.07) is 8.79. The van der Waals surface area contributed by atoms with Crippen LogP contribution in [0.4, 0.5) is 10.1 Å². The number of rotatable bonds is 4. The molecule has 1 aromatic heterocycles. The predicted octanol–water partition coefficient (Wildman–Crippen LogP) is 2.94. The zero-order valence-electron chi connectivity index (χ0n) is 10.6. The molecule has 0 fully saturated rings. The normalized spacial score (nSPS) is 11.1. The van der Waals surface area contributed by atoms with E-state index in [1.807, 2.05) is 32.2 Å². The van der Waals surface area contributed by atoms with E-state index in [4.69, 9.17) is 10.2 Å². The van der Waals surface area contributed by atoms with E-state index < -0.39 is 0 Å². The second-order valence-electron chi connectivity index (χ2n) is 4.54. The molecule has 0 aliphatic heterocycles. The van der Waals surface area contributed by atoms with Crippen molar-refractivity contribution in [2.75, 3.05) is 12.8 Å². The average Bonchev–Trinajstić information content (AvgIpc) is 2.69. The number of nitrogens with two attached hydrogens (primary N) is 1. The van der Waals surface area contributed by atoms with Crippen LogP contribution in [0.2, 0.25) is 0 Å². The third kappa shape index (κ3) is 3.11. The molecule has 2 N–H and O–H groups in total. The Morgan fingerprint density at radius 1 is 1.22 bits per heavy atom. The number of nitrogen functional groups attached to an aromatic ring is 1. The van der Waals surface area contributed by atoms with E-state index in [9.17, 15) is 4.39 Å². The van der Waals surface area contributed by atoms with Gasteiger partial charge in [0.1, 0.15) is 17.3 Å². The van der Waals surface area contributed by atoms with Crippen molar-refractivity contribution in [2.24, 2.45) is 0 Å². The number of anilines is 1. The van der Waals surface area contributed by atoms with Crippen LogP contribution in [0.25, 0.3) is 0 Å². The van der Waals surface area contributed by atoms with Crippen molar-refractivity contribution in [3.8, 4) is 0 Å². The minimum absolute atomic E-state index is 0.183. The molecule has 1 aromatic carbocycles. The first kappa shape index (κ1) is 12.6. The molecular formula is C14H17FN2O. The number of hydrogen-bond donors (Lipinski definition) is 1. The Bertz CT molecular complexity index is 536. The van der Waals surface area contributed by atoms with Crippen LogP contribution in [0.15, 0.2) is 34.7 Å². The molecule has 2 aromatic rings. The molecule has 18 heavy (non-hydrogen) atoms. The van der Waals surface area contributed by atoms with Gasteiger partial charge in [-0.05, 0) is 43.8 Å². The van der Waals surface area contributed by atoms with Crippen molar-refractivity contribution in [3.63, 3.8) is 0 Å². The molecule has 0 unspecified atom stereocenters. The topological polar surface area (TPSA) is 42.4 Å². The van der Waals surface area contributed by atoms with Crippen LogP contribution in [-0.4, -0.2) is 11.9 Å². The number of benzene rings is 1. The largest absolute Gasteiger partial charge is 0.465 e. The highest BCUT2D eigenvalue weighted by Gasteiger charge is 2.06. The fraction of sp³-hybridized carbons (Fsp3) is 0.286. The highest BCUT2D eigenvalue weighted by molar-refractivity contribution is 5.41. The van der Waals surface area contributed by atoms with Crippen molar-refractivity contribution < 1.29 is 8.81 Å². The van der Waals surface area contributed by atoms with Crippen LogP contribution >= 0.6 is 0 Å². The van der Waals surface area contributed by atoms with E-state index in [0.29, 0.717) is 13.1 Å². The van der Waals surface area contributed by atoms with Gasteiger partial charge in [0.15, 0.2) is 0 Å². The highest BCUT2D eigenvalue weighted by atomic mass is 19.1. The molecule has 0 bridgehead atoms. The van der Waals surface area contributed by atoms with Crippen LogP contribution in [-0.2, 0) is 13.1 Å². The van der Waals surface area contributed by atoms with E-state index in [-0.39, 0.29) is 11.5 Å². The summed E-state index contributed by atoms with van der Waals surface area (Å²) < 4.78 is 18.8. The van der Waals surface area contributed by atoms with Crippen molar-refractivity contribution in [3.05, 3.63) is 53.2 Å². The van der Waals surface area contributed by atoms with Crippen molar-refractivity contribution in [1.29, 1.82) is 0 Å². The average molecular weight is 248 g/mol. The Morgan fingerprint density at radius 2 is 2.00 bits per heavy atom.